The summed E-state index contributed by atoms with van der Waals surface area (Å²) in [6.07, 6.45) is 2.47. The minimum atomic E-state index is 0.618. The number of para-hydroxylation sites is 2. The van der Waals surface area contributed by atoms with Crippen LogP contribution in [0.3, 0.4) is 0 Å². The molecule has 0 saturated carbocycles. The Labute approximate surface area is 112 Å². The first-order valence-electron chi connectivity index (χ1n) is 6.96. The SMILES string of the molecule is BN1CCC(Nc2ccccc2N(C)CC)CC1. The minimum absolute atomic E-state index is 0.618. The van der Waals surface area contributed by atoms with E-state index in [1.807, 2.05) is 0 Å². The zero-order valence-electron chi connectivity index (χ0n) is 11.8. The van der Waals surface area contributed by atoms with Gasteiger partial charge in [0.05, 0.1) is 11.4 Å². The highest BCUT2D eigenvalue weighted by atomic mass is 15.1. The van der Waals surface area contributed by atoms with Crippen LogP contribution in [0.5, 0.6) is 0 Å². The highest BCUT2D eigenvalue weighted by Crippen LogP contribution is 2.26. The molecular formula is C14H24BN3. The van der Waals surface area contributed by atoms with Gasteiger partial charge < -0.3 is 15.0 Å². The van der Waals surface area contributed by atoms with Gasteiger partial charge in [-0.3, -0.25) is 0 Å². The predicted octanol–water partition coefficient (Wildman–Crippen LogP) is 1.57. The molecule has 1 aliphatic rings. The van der Waals surface area contributed by atoms with Crippen molar-refractivity contribution >= 4 is 19.4 Å². The summed E-state index contributed by atoms with van der Waals surface area (Å²) < 4.78 is 0. The first-order chi connectivity index (χ1) is 8.70. The van der Waals surface area contributed by atoms with E-state index in [0.717, 1.165) is 6.54 Å². The molecule has 1 aromatic rings. The molecule has 0 atom stereocenters. The number of piperidine rings is 1. The average Bonchev–Trinajstić information content (AvgIpc) is 2.41. The standard InChI is InChI=1S/C14H24BN3/c1-3-17(2)14-7-5-4-6-13(14)16-12-8-10-18(15)11-9-12/h4-7,12,16H,3,8-11,15H2,1-2H3. The second-order valence-electron chi connectivity index (χ2n) is 5.25. The summed E-state index contributed by atoms with van der Waals surface area (Å²) in [7, 11) is 4.35. The Kier molecular flexibility index (Phi) is 4.53. The molecule has 1 N–H and O–H groups in total. The van der Waals surface area contributed by atoms with Crippen molar-refractivity contribution in [1.29, 1.82) is 0 Å². The highest BCUT2D eigenvalue weighted by Gasteiger charge is 2.17. The van der Waals surface area contributed by atoms with Gasteiger partial charge in [0.25, 0.3) is 0 Å². The third kappa shape index (κ3) is 3.19. The van der Waals surface area contributed by atoms with Gasteiger partial charge in [-0.2, -0.15) is 0 Å². The predicted molar refractivity (Wildman–Crippen MR) is 82.1 cm³/mol. The molecule has 1 heterocycles. The Balaban J connectivity index is 2.04. The topological polar surface area (TPSA) is 18.5 Å². The van der Waals surface area contributed by atoms with E-state index in [1.165, 1.54) is 37.3 Å². The van der Waals surface area contributed by atoms with Gasteiger partial charge in [0.2, 0.25) is 0 Å². The minimum Gasteiger partial charge on any atom is -0.381 e. The summed E-state index contributed by atoms with van der Waals surface area (Å²) in [6.45, 7) is 5.62. The normalized spacial score (nSPS) is 17.7. The number of hydrogen-bond acceptors (Lipinski definition) is 3. The van der Waals surface area contributed by atoms with Gasteiger partial charge in [-0.05, 0) is 45.0 Å². The van der Waals surface area contributed by atoms with Crippen molar-refractivity contribution in [2.45, 2.75) is 25.8 Å². The van der Waals surface area contributed by atoms with Crippen LogP contribution in [0.15, 0.2) is 24.3 Å². The summed E-state index contributed by atoms with van der Waals surface area (Å²) in [5.74, 6) is 0. The van der Waals surface area contributed by atoms with E-state index in [2.05, 4.69) is 61.2 Å². The third-order valence-corrected chi connectivity index (χ3v) is 3.87. The maximum Gasteiger partial charge on any atom is 0.185 e. The van der Waals surface area contributed by atoms with E-state index in [4.69, 9.17) is 0 Å². The second-order valence-corrected chi connectivity index (χ2v) is 5.25. The molecule has 18 heavy (non-hydrogen) atoms. The van der Waals surface area contributed by atoms with Crippen molar-refractivity contribution in [1.82, 2.24) is 4.81 Å². The monoisotopic (exact) mass is 245 g/mol. The Morgan fingerprint density at radius 1 is 1.33 bits per heavy atom. The number of rotatable bonds is 4. The summed E-state index contributed by atoms with van der Waals surface area (Å²) in [6, 6.07) is 9.24. The quantitative estimate of drug-likeness (QED) is 0.812. The van der Waals surface area contributed by atoms with Crippen LogP contribution >= 0.6 is 0 Å². The van der Waals surface area contributed by atoms with Crippen molar-refractivity contribution < 1.29 is 0 Å². The molecule has 1 fully saturated rings. The van der Waals surface area contributed by atoms with Crippen molar-refractivity contribution in [2.75, 3.05) is 36.9 Å². The van der Waals surface area contributed by atoms with Crippen LogP contribution in [-0.4, -0.2) is 45.5 Å². The van der Waals surface area contributed by atoms with Crippen LogP contribution in [0.1, 0.15) is 19.8 Å². The maximum atomic E-state index is 3.72. The van der Waals surface area contributed by atoms with Crippen molar-refractivity contribution in [3.05, 3.63) is 24.3 Å². The number of hydrogen-bond donors (Lipinski definition) is 1. The second kappa shape index (κ2) is 6.14. The van der Waals surface area contributed by atoms with Gasteiger partial charge >= 0.3 is 0 Å². The van der Waals surface area contributed by atoms with Crippen molar-refractivity contribution in [3.63, 3.8) is 0 Å². The van der Waals surface area contributed by atoms with Crippen molar-refractivity contribution in [3.8, 4) is 0 Å². The largest absolute Gasteiger partial charge is 0.381 e. The summed E-state index contributed by atoms with van der Waals surface area (Å²) >= 11 is 0. The molecule has 2 rings (SSSR count). The van der Waals surface area contributed by atoms with Crippen LogP contribution in [0, 0.1) is 0 Å². The maximum absolute atomic E-state index is 3.72. The van der Waals surface area contributed by atoms with E-state index < -0.39 is 0 Å². The number of anilines is 2. The summed E-state index contributed by atoms with van der Waals surface area (Å²) in [4.78, 5) is 4.69. The lowest BCUT2D eigenvalue weighted by molar-refractivity contribution is 0.346. The van der Waals surface area contributed by atoms with Gasteiger partial charge in [-0.25, -0.2) is 0 Å². The lowest BCUT2D eigenvalue weighted by Crippen LogP contribution is -2.37. The Hall–Kier alpha value is -1.16. The molecule has 0 aromatic heterocycles. The fourth-order valence-electron chi connectivity index (χ4n) is 2.47. The third-order valence-electron chi connectivity index (χ3n) is 3.87. The number of benzene rings is 1. The zero-order chi connectivity index (χ0) is 13.0. The van der Waals surface area contributed by atoms with E-state index in [1.54, 1.807) is 0 Å². The molecule has 4 heteroatoms. The Morgan fingerprint density at radius 2 is 2.00 bits per heavy atom. The zero-order valence-corrected chi connectivity index (χ0v) is 11.8. The van der Waals surface area contributed by atoms with Gasteiger partial charge in [-0.1, -0.05) is 12.1 Å². The Morgan fingerprint density at radius 3 is 2.67 bits per heavy atom. The van der Waals surface area contributed by atoms with E-state index in [-0.39, 0.29) is 0 Å². The number of nitrogens with zero attached hydrogens (tertiary/aromatic N) is 2. The van der Waals surface area contributed by atoms with Gasteiger partial charge in [0.15, 0.2) is 7.98 Å². The summed E-state index contributed by atoms with van der Waals surface area (Å²) in [5.41, 5.74) is 2.58. The molecule has 0 amide bonds. The smallest absolute Gasteiger partial charge is 0.185 e. The first kappa shape index (κ1) is 13.3. The van der Waals surface area contributed by atoms with Crippen LogP contribution in [0.2, 0.25) is 0 Å². The van der Waals surface area contributed by atoms with E-state index in [9.17, 15) is 0 Å². The molecule has 98 valence electrons. The van der Waals surface area contributed by atoms with Gasteiger partial charge in [0.1, 0.15) is 0 Å². The lowest BCUT2D eigenvalue weighted by atomic mass is 10.0. The van der Waals surface area contributed by atoms with E-state index in [0.29, 0.717) is 6.04 Å². The molecule has 1 aromatic carbocycles. The molecule has 1 aliphatic heterocycles. The lowest BCUT2D eigenvalue weighted by Gasteiger charge is -2.32. The highest BCUT2D eigenvalue weighted by molar-refractivity contribution is 6.04. The fourth-order valence-corrected chi connectivity index (χ4v) is 2.47. The van der Waals surface area contributed by atoms with Crippen LogP contribution in [0.25, 0.3) is 0 Å². The molecular weight excluding hydrogens is 221 g/mol. The van der Waals surface area contributed by atoms with Crippen LogP contribution < -0.4 is 10.2 Å². The van der Waals surface area contributed by atoms with Gasteiger partial charge in [0, 0.05) is 19.6 Å². The molecule has 1 saturated heterocycles. The Bertz CT molecular complexity index is 375. The van der Waals surface area contributed by atoms with Crippen molar-refractivity contribution in [2.24, 2.45) is 0 Å². The average molecular weight is 245 g/mol. The number of nitrogens with one attached hydrogen (secondary N) is 1. The molecule has 0 unspecified atom stereocenters. The molecule has 0 radical (unpaired) electrons. The van der Waals surface area contributed by atoms with Crippen LogP contribution in [0.4, 0.5) is 11.4 Å². The first-order valence-corrected chi connectivity index (χ1v) is 6.96. The molecule has 0 bridgehead atoms. The summed E-state index contributed by atoms with van der Waals surface area (Å²) in [5, 5.41) is 3.72. The van der Waals surface area contributed by atoms with Crippen LogP contribution in [-0.2, 0) is 0 Å². The molecule has 0 aliphatic carbocycles. The van der Waals surface area contributed by atoms with Gasteiger partial charge in [-0.15, -0.1) is 0 Å². The molecule has 3 nitrogen and oxygen atoms in total. The van der Waals surface area contributed by atoms with E-state index >= 15 is 0 Å². The molecule has 0 spiro atoms. The fraction of sp³-hybridized carbons (Fsp3) is 0.571.